The monoisotopic (exact) mass is 361 g/mol. The molecular formula is C15H12FN5O3S. The summed E-state index contributed by atoms with van der Waals surface area (Å²) < 4.78 is 20.7. The number of ether oxygens (including phenoxy) is 1. The number of hydrogen-bond donors (Lipinski definition) is 0. The highest BCUT2D eigenvalue weighted by Gasteiger charge is 2.25. The molecule has 10 heteroatoms. The zero-order valence-corrected chi connectivity index (χ0v) is 14.0. The Kier molecular flexibility index (Phi) is 4.61. The van der Waals surface area contributed by atoms with Crippen molar-refractivity contribution >= 4 is 17.4 Å². The molecule has 0 N–H and O–H groups in total. The number of aromatic nitrogens is 4. The second-order valence-corrected chi connectivity index (χ2v) is 5.93. The lowest BCUT2D eigenvalue weighted by atomic mass is 10.2. The fraction of sp³-hybridized carbons (Fsp3) is 0.133. The molecule has 0 aliphatic carbocycles. The third kappa shape index (κ3) is 3.29. The summed E-state index contributed by atoms with van der Waals surface area (Å²) in [5, 5.41) is 19.7. The van der Waals surface area contributed by atoms with E-state index in [9.17, 15) is 14.5 Å². The van der Waals surface area contributed by atoms with E-state index < -0.39 is 16.4 Å². The van der Waals surface area contributed by atoms with Gasteiger partial charge >= 0.3 is 5.69 Å². The molecular weight excluding hydrogens is 349 g/mol. The molecule has 0 saturated carbocycles. The maximum atomic E-state index is 14.0. The number of pyridine rings is 1. The minimum atomic E-state index is -0.969. The Hall–Kier alpha value is -3.01. The van der Waals surface area contributed by atoms with E-state index in [4.69, 9.17) is 4.74 Å². The molecule has 0 bridgehead atoms. The molecule has 0 unspecified atom stereocenters. The lowest BCUT2D eigenvalue weighted by molar-refractivity contribution is -0.390. The summed E-state index contributed by atoms with van der Waals surface area (Å²) >= 11 is 0.940. The minimum Gasteiger partial charge on any atom is -0.497 e. The van der Waals surface area contributed by atoms with Crippen LogP contribution in [0, 0.1) is 15.9 Å². The molecule has 2 heterocycles. The Morgan fingerprint density at radius 2 is 2.00 bits per heavy atom. The number of nitrogens with zero attached hydrogens (tertiary/aromatic N) is 5. The van der Waals surface area contributed by atoms with Crippen LogP contribution >= 0.6 is 11.8 Å². The first-order valence-electron chi connectivity index (χ1n) is 7.01. The lowest BCUT2D eigenvalue weighted by Gasteiger charge is -2.07. The van der Waals surface area contributed by atoms with Crippen molar-refractivity contribution in [3.8, 4) is 17.1 Å². The molecule has 0 amide bonds. The first-order chi connectivity index (χ1) is 12.0. The van der Waals surface area contributed by atoms with Crippen LogP contribution in [0.1, 0.15) is 0 Å². The van der Waals surface area contributed by atoms with Crippen molar-refractivity contribution in [1.82, 2.24) is 19.7 Å². The smallest absolute Gasteiger partial charge is 0.318 e. The predicted octanol–water partition coefficient (Wildman–Crippen LogP) is 3.08. The van der Waals surface area contributed by atoms with Gasteiger partial charge in [0.15, 0.2) is 11.0 Å². The van der Waals surface area contributed by atoms with Crippen molar-refractivity contribution in [3.05, 3.63) is 52.6 Å². The highest BCUT2D eigenvalue weighted by Crippen LogP contribution is 2.39. The van der Waals surface area contributed by atoms with Crippen molar-refractivity contribution in [3.63, 3.8) is 0 Å². The molecule has 0 atom stereocenters. The second-order valence-electron chi connectivity index (χ2n) is 4.92. The van der Waals surface area contributed by atoms with Crippen molar-refractivity contribution in [2.24, 2.45) is 7.05 Å². The molecule has 128 valence electrons. The number of rotatable bonds is 5. The molecule has 0 saturated heterocycles. The van der Waals surface area contributed by atoms with Crippen LogP contribution in [0.5, 0.6) is 5.75 Å². The van der Waals surface area contributed by atoms with Crippen LogP contribution in [0.3, 0.4) is 0 Å². The van der Waals surface area contributed by atoms with Crippen molar-refractivity contribution < 1.29 is 14.1 Å². The Labute approximate surface area is 145 Å². The molecule has 2 aromatic heterocycles. The normalized spacial score (nSPS) is 10.7. The molecule has 25 heavy (non-hydrogen) atoms. The van der Waals surface area contributed by atoms with Crippen LogP contribution in [0.25, 0.3) is 11.4 Å². The van der Waals surface area contributed by atoms with Gasteiger partial charge in [0.2, 0.25) is 5.82 Å². The number of nitro groups is 1. The molecule has 3 rings (SSSR count). The van der Waals surface area contributed by atoms with E-state index in [-0.39, 0.29) is 10.6 Å². The van der Waals surface area contributed by atoms with Gasteiger partial charge in [-0.15, -0.1) is 10.2 Å². The number of benzene rings is 1. The summed E-state index contributed by atoms with van der Waals surface area (Å²) in [4.78, 5) is 14.5. The fourth-order valence-electron chi connectivity index (χ4n) is 2.18. The highest BCUT2D eigenvalue weighted by atomic mass is 32.2. The summed E-state index contributed by atoms with van der Waals surface area (Å²) in [7, 11) is 3.08. The van der Waals surface area contributed by atoms with Gasteiger partial charge in [0.1, 0.15) is 5.75 Å². The highest BCUT2D eigenvalue weighted by molar-refractivity contribution is 7.99. The molecule has 1 aromatic carbocycles. The largest absolute Gasteiger partial charge is 0.497 e. The standard InChI is InChI=1S/C15H12FN5O3S/c1-20-14(9-3-5-17-6-4-9)18-19-15(20)25-12-8-10(24-2)7-11(16)13(12)21(22)23/h3-8H,1-2H3. The average molecular weight is 361 g/mol. The van der Waals surface area contributed by atoms with Gasteiger partial charge in [-0.2, -0.15) is 4.39 Å². The lowest BCUT2D eigenvalue weighted by Crippen LogP contribution is -1.99. The number of methoxy groups -OCH3 is 1. The van der Waals surface area contributed by atoms with Crippen LogP contribution in [0.4, 0.5) is 10.1 Å². The Morgan fingerprint density at radius 1 is 1.28 bits per heavy atom. The number of halogens is 1. The SMILES string of the molecule is COc1cc(F)c([N+](=O)[O-])c(Sc2nnc(-c3ccncc3)n2C)c1. The zero-order chi connectivity index (χ0) is 18.0. The predicted molar refractivity (Wildman–Crippen MR) is 88.0 cm³/mol. The second kappa shape index (κ2) is 6.85. The van der Waals surface area contributed by atoms with E-state index in [1.54, 1.807) is 36.1 Å². The summed E-state index contributed by atoms with van der Waals surface area (Å²) in [6.45, 7) is 0. The third-order valence-corrected chi connectivity index (χ3v) is 4.46. The Balaban J connectivity index is 2.02. The van der Waals surface area contributed by atoms with Crippen LogP contribution < -0.4 is 4.74 Å². The molecule has 0 aliphatic heterocycles. The topological polar surface area (TPSA) is 96.0 Å². The zero-order valence-electron chi connectivity index (χ0n) is 13.2. The van der Waals surface area contributed by atoms with Gasteiger partial charge in [-0.25, -0.2) is 0 Å². The van der Waals surface area contributed by atoms with Crippen molar-refractivity contribution in [2.45, 2.75) is 10.1 Å². The summed E-state index contributed by atoms with van der Waals surface area (Å²) in [6.07, 6.45) is 3.25. The van der Waals surface area contributed by atoms with Gasteiger partial charge in [0.05, 0.1) is 16.9 Å². The summed E-state index contributed by atoms with van der Waals surface area (Å²) in [5.41, 5.74) is 0.169. The Morgan fingerprint density at radius 3 is 2.64 bits per heavy atom. The van der Waals surface area contributed by atoms with Gasteiger partial charge < -0.3 is 9.30 Å². The molecule has 3 aromatic rings. The van der Waals surface area contributed by atoms with E-state index in [1.807, 2.05) is 0 Å². The van der Waals surface area contributed by atoms with Gasteiger partial charge in [-0.05, 0) is 23.9 Å². The maximum Gasteiger partial charge on any atom is 0.318 e. The molecule has 8 nitrogen and oxygen atoms in total. The van der Waals surface area contributed by atoms with Crippen molar-refractivity contribution in [1.29, 1.82) is 0 Å². The van der Waals surface area contributed by atoms with E-state index >= 15 is 0 Å². The van der Waals surface area contributed by atoms with Gasteiger partial charge in [0.25, 0.3) is 0 Å². The molecule has 0 spiro atoms. The van der Waals surface area contributed by atoms with Crippen LogP contribution in [-0.4, -0.2) is 31.8 Å². The van der Waals surface area contributed by atoms with Gasteiger partial charge in [-0.3, -0.25) is 15.1 Å². The van der Waals surface area contributed by atoms with Gasteiger partial charge in [-0.1, -0.05) is 0 Å². The third-order valence-electron chi connectivity index (χ3n) is 3.39. The van der Waals surface area contributed by atoms with Crippen molar-refractivity contribution in [2.75, 3.05) is 7.11 Å². The Bertz CT molecular complexity index is 932. The van der Waals surface area contributed by atoms with E-state index in [0.29, 0.717) is 11.0 Å². The minimum absolute atomic E-state index is 0.0821. The summed E-state index contributed by atoms with van der Waals surface area (Å²) in [6, 6.07) is 5.91. The van der Waals surface area contributed by atoms with Crippen LogP contribution in [0.15, 0.2) is 46.7 Å². The van der Waals surface area contributed by atoms with E-state index in [0.717, 1.165) is 23.4 Å². The number of nitro benzene ring substituents is 1. The molecule has 0 fully saturated rings. The molecule has 0 aliphatic rings. The quantitative estimate of drug-likeness (QED) is 0.509. The van der Waals surface area contributed by atoms with Crippen LogP contribution in [-0.2, 0) is 7.05 Å². The molecule has 0 radical (unpaired) electrons. The first-order valence-corrected chi connectivity index (χ1v) is 7.82. The average Bonchev–Trinajstić information content (AvgIpc) is 2.95. The first kappa shape index (κ1) is 16.8. The van der Waals surface area contributed by atoms with E-state index in [1.165, 1.54) is 13.2 Å². The summed E-state index contributed by atoms with van der Waals surface area (Å²) in [5.74, 6) is -0.221. The van der Waals surface area contributed by atoms with E-state index in [2.05, 4.69) is 15.2 Å². The fourth-order valence-corrected chi connectivity index (χ4v) is 3.12. The van der Waals surface area contributed by atoms with Gasteiger partial charge in [0, 0.05) is 37.1 Å². The number of hydrogen-bond acceptors (Lipinski definition) is 7. The maximum absolute atomic E-state index is 14.0. The van der Waals surface area contributed by atoms with Crippen LogP contribution in [0.2, 0.25) is 0 Å².